The van der Waals surface area contributed by atoms with Crippen molar-refractivity contribution < 1.29 is 4.79 Å². The van der Waals surface area contributed by atoms with E-state index in [0.29, 0.717) is 22.2 Å². The van der Waals surface area contributed by atoms with E-state index in [1.165, 1.54) is 5.56 Å². The average molecular weight is 406 g/mol. The van der Waals surface area contributed by atoms with Crippen LogP contribution in [0, 0.1) is 0 Å². The van der Waals surface area contributed by atoms with Gasteiger partial charge < -0.3 is 10.2 Å². The van der Waals surface area contributed by atoms with Gasteiger partial charge in [-0.25, -0.2) is 0 Å². The lowest BCUT2D eigenvalue weighted by molar-refractivity contribution is 0.0951. The van der Waals surface area contributed by atoms with Gasteiger partial charge in [0, 0.05) is 44.3 Å². The van der Waals surface area contributed by atoms with Gasteiger partial charge in [0.1, 0.15) is 0 Å². The normalized spacial score (nSPS) is 15.7. The number of rotatable bonds is 6. The fraction of sp³-hybridized carbons (Fsp3) is 0.381. The van der Waals surface area contributed by atoms with Crippen LogP contribution in [0.1, 0.15) is 28.4 Å². The van der Waals surface area contributed by atoms with Gasteiger partial charge in [-0.15, -0.1) is 0 Å². The minimum absolute atomic E-state index is 0.222. The molecule has 1 amide bonds. The fourth-order valence-corrected chi connectivity index (χ4v) is 3.61. The van der Waals surface area contributed by atoms with Gasteiger partial charge in [-0.1, -0.05) is 54.4 Å². The van der Waals surface area contributed by atoms with Crippen molar-refractivity contribution in [2.45, 2.75) is 20.0 Å². The van der Waals surface area contributed by atoms with Crippen LogP contribution >= 0.6 is 23.2 Å². The Labute approximate surface area is 171 Å². The second-order valence-electron chi connectivity index (χ2n) is 6.83. The lowest BCUT2D eigenvalue weighted by Crippen LogP contribution is -2.45. The van der Waals surface area contributed by atoms with Crippen molar-refractivity contribution in [2.75, 3.05) is 32.7 Å². The average Bonchev–Trinajstić information content (AvgIpc) is 2.69. The van der Waals surface area contributed by atoms with Crippen molar-refractivity contribution in [2.24, 2.45) is 0 Å². The Balaban J connectivity index is 1.50. The lowest BCUT2D eigenvalue weighted by Gasteiger charge is -2.34. The van der Waals surface area contributed by atoms with Crippen LogP contribution in [0.5, 0.6) is 0 Å². The van der Waals surface area contributed by atoms with E-state index in [1.807, 2.05) is 0 Å². The zero-order valence-corrected chi connectivity index (χ0v) is 17.1. The van der Waals surface area contributed by atoms with Crippen LogP contribution < -0.4 is 5.32 Å². The third-order valence-electron chi connectivity index (χ3n) is 4.97. The predicted octanol–water partition coefficient (Wildman–Crippen LogP) is 4.06. The third kappa shape index (κ3) is 5.69. The Morgan fingerprint density at radius 2 is 1.59 bits per heavy atom. The first-order valence-electron chi connectivity index (χ1n) is 9.31. The number of hydrogen-bond donors (Lipinski definition) is 1. The highest BCUT2D eigenvalue weighted by molar-refractivity contribution is 6.35. The number of amides is 1. The molecule has 4 nitrogen and oxygen atoms in total. The van der Waals surface area contributed by atoms with Crippen molar-refractivity contribution in [3.05, 3.63) is 69.2 Å². The van der Waals surface area contributed by atoms with Gasteiger partial charge >= 0.3 is 0 Å². The van der Waals surface area contributed by atoms with Gasteiger partial charge in [-0.2, -0.15) is 0 Å². The lowest BCUT2D eigenvalue weighted by atomic mass is 10.1. The molecule has 0 spiro atoms. The summed E-state index contributed by atoms with van der Waals surface area (Å²) in [6, 6.07) is 13.3. The summed E-state index contributed by atoms with van der Waals surface area (Å²) in [6.45, 7) is 9.30. The molecular weight excluding hydrogens is 381 g/mol. The van der Waals surface area contributed by atoms with Crippen molar-refractivity contribution >= 4 is 29.1 Å². The van der Waals surface area contributed by atoms with E-state index in [1.54, 1.807) is 18.2 Å². The number of nitrogens with one attached hydrogen (secondary N) is 1. The van der Waals surface area contributed by atoms with Crippen LogP contribution in [0.25, 0.3) is 0 Å². The minimum Gasteiger partial charge on any atom is -0.348 e. The summed E-state index contributed by atoms with van der Waals surface area (Å²) < 4.78 is 0. The summed E-state index contributed by atoms with van der Waals surface area (Å²) >= 11 is 12.0. The topological polar surface area (TPSA) is 35.6 Å². The highest BCUT2D eigenvalue weighted by atomic mass is 35.5. The fourth-order valence-electron chi connectivity index (χ4n) is 3.23. The van der Waals surface area contributed by atoms with Crippen LogP contribution in [-0.2, 0) is 13.1 Å². The Bertz CT molecular complexity index is 771. The molecule has 0 unspecified atom stereocenters. The number of benzene rings is 2. The Morgan fingerprint density at radius 1 is 0.963 bits per heavy atom. The third-order valence-corrected chi connectivity index (χ3v) is 5.53. The first-order valence-corrected chi connectivity index (χ1v) is 10.1. The second-order valence-corrected chi connectivity index (χ2v) is 7.68. The molecule has 0 atom stereocenters. The summed E-state index contributed by atoms with van der Waals surface area (Å²) in [6.07, 6.45) is 0. The van der Waals surface area contributed by atoms with E-state index in [2.05, 4.69) is 46.3 Å². The SMILES string of the molecule is CCN1CCN(Cc2ccc(CNC(=O)c3cc(Cl)ccc3Cl)cc2)CC1. The Morgan fingerprint density at radius 3 is 2.26 bits per heavy atom. The molecule has 1 saturated heterocycles. The molecule has 2 aromatic carbocycles. The van der Waals surface area contributed by atoms with Gasteiger partial charge in [-0.05, 0) is 35.9 Å². The highest BCUT2D eigenvalue weighted by Gasteiger charge is 2.15. The molecule has 1 heterocycles. The molecule has 3 rings (SSSR count). The molecule has 144 valence electrons. The Kier molecular flexibility index (Phi) is 7.13. The largest absolute Gasteiger partial charge is 0.348 e. The number of nitrogens with zero attached hydrogens (tertiary/aromatic N) is 2. The van der Waals surface area contributed by atoms with Gasteiger partial charge in [0.25, 0.3) is 5.91 Å². The van der Waals surface area contributed by atoms with E-state index >= 15 is 0 Å². The van der Waals surface area contributed by atoms with Gasteiger partial charge in [0.05, 0.1) is 10.6 Å². The highest BCUT2D eigenvalue weighted by Crippen LogP contribution is 2.20. The smallest absolute Gasteiger partial charge is 0.253 e. The van der Waals surface area contributed by atoms with E-state index in [4.69, 9.17) is 23.2 Å². The zero-order chi connectivity index (χ0) is 19.2. The molecule has 27 heavy (non-hydrogen) atoms. The molecule has 0 saturated carbocycles. The van der Waals surface area contributed by atoms with Gasteiger partial charge in [0.15, 0.2) is 0 Å². The summed E-state index contributed by atoms with van der Waals surface area (Å²) in [5.41, 5.74) is 2.75. The van der Waals surface area contributed by atoms with E-state index in [-0.39, 0.29) is 5.91 Å². The maximum Gasteiger partial charge on any atom is 0.253 e. The maximum absolute atomic E-state index is 12.3. The molecule has 1 fully saturated rings. The number of likely N-dealkylation sites (N-methyl/N-ethyl adjacent to an activating group) is 1. The summed E-state index contributed by atoms with van der Waals surface area (Å²) in [7, 11) is 0. The molecule has 6 heteroatoms. The zero-order valence-electron chi connectivity index (χ0n) is 15.5. The summed E-state index contributed by atoms with van der Waals surface area (Å²) in [4.78, 5) is 17.3. The van der Waals surface area contributed by atoms with Crippen LogP contribution in [0.3, 0.4) is 0 Å². The standard InChI is InChI=1S/C21H25Cl2N3O/c1-2-25-9-11-26(12-10-25)15-17-5-3-16(4-6-17)14-24-21(27)19-13-18(22)7-8-20(19)23/h3-8,13H,2,9-12,14-15H2,1H3,(H,24,27). The first-order chi connectivity index (χ1) is 13.0. The maximum atomic E-state index is 12.3. The molecule has 0 aliphatic carbocycles. The number of carbonyl (C=O) groups is 1. The van der Waals surface area contributed by atoms with Gasteiger partial charge in [0.2, 0.25) is 0 Å². The number of carbonyl (C=O) groups excluding carboxylic acids is 1. The summed E-state index contributed by atoms with van der Waals surface area (Å²) in [5, 5.41) is 3.79. The molecule has 0 aromatic heterocycles. The van der Waals surface area contributed by atoms with E-state index in [9.17, 15) is 4.79 Å². The second kappa shape index (κ2) is 9.56. The Hall–Kier alpha value is -1.59. The number of halogens is 2. The number of piperazine rings is 1. The quantitative estimate of drug-likeness (QED) is 0.786. The molecule has 0 radical (unpaired) electrons. The molecule has 1 N–H and O–H groups in total. The molecule has 1 aliphatic rings. The first kappa shape index (κ1) is 20.2. The van der Waals surface area contributed by atoms with Gasteiger partial charge in [-0.3, -0.25) is 9.69 Å². The molecule has 2 aromatic rings. The van der Waals surface area contributed by atoms with E-state index in [0.717, 1.165) is 44.8 Å². The van der Waals surface area contributed by atoms with Crippen molar-refractivity contribution in [1.29, 1.82) is 0 Å². The summed E-state index contributed by atoms with van der Waals surface area (Å²) in [5.74, 6) is -0.222. The molecule has 1 aliphatic heterocycles. The van der Waals surface area contributed by atoms with E-state index < -0.39 is 0 Å². The van der Waals surface area contributed by atoms with Crippen molar-refractivity contribution in [1.82, 2.24) is 15.1 Å². The van der Waals surface area contributed by atoms with Crippen LogP contribution in [0.2, 0.25) is 10.0 Å². The van der Waals surface area contributed by atoms with Crippen molar-refractivity contribution in [3.63, 3.8) is 0 Å². The van der Waals surface area contributed by atoms with Crippen LogP contribution in [0.4, 0.5) is 0 Å². The number of hydrogen-bond acceptors (Lipinski definition) is 3. The molecular formula is C21H25Cl2N3O. The minimum atomic E-state index is -0.222. The monoisotopic (exact) mass is 405 g/mol. The predicted molar refractivity (Wildman–Crippen MR) is 111 cm³/mol. The van der Waals surface area contributed by atoms with Crippen molar-refractivity contribution in [3.8, 4) is 0 Å². The molecule has 0 bridgehead atoms. The van der Waals surface area contributed by atoms with Crippen LogP contribution in [-0.4, -0.2) is 48.4 Å². The van der Waals surface area contributed by atoms with Crippen LogP contribution in [0.15, 0.2) is 42.5 Å².